The molecular weight excluding hydrogens is 386 g/mol. The Labute approximate surface area is 164 Å². The number of nitrogens with zero attached hydrogens (tertiary/aromatic N) is 1. The van der Waals surface area contributed by atoms with Gasteiger partial charge >= 0.3 is 0 Å². The molecule has 1 amide bonds. The summed E-state index contributed by atoms with van der Waals surface area (Å²) in [7, 11) is -3.44. The lowest BCUT2D eigenvalue weighted by Gasteiger charge is -2.16. The molecule has 2 aromatic carbocycles. The summed E-state index contributed by atoms with van der Waals surface area (Å²) in [6.45, 7) is 3.09. The van der Waals surface area contributed by atoms with Crippen molar-refractivity contribution in [1.29, 1.82) is 0 Å². The molecule has 1 heterocycles. The summed E-state index contributed by atoms with van der Waals surface area (Å²) in [6, 6.07) is 11.7. The van der Waals surface area contributed by atoms with Gasteiger partial charge in [0.05, 0.1) is 11.4 Å². The van der Waals surface area contributed by atoms with Gasteiger partial charge in [-0.3, -0.25) is 4.79 Å². The molecule has 3 rings (SSSR count). The Balaban J connectivity index is 1.59. The fraction of sp³-hybridized carbons (Fsp3) is 0.316. The molecule has 0 aromatic heterocycles. The Kier molecular flexibility index (Phi) is 6.04. The highest BCUT2D eigenvalue weighted by Crippen LogP contribution is 2.23. The second kappa shape index (κ2) is 8.29. The first kappa shape index (κ1) is 19.7. The zero-order chi connectivity index (χ0) is 19.4. The molecule has 1 aliphatic rings. The maximum absolute atomic E-state index is 12.5. The number of amides is 1. The van der Waals surface area contributed by atoms with Crippen molar-refractivity contribution in [2.45, 2.75) is 24.7 Å². The molecule has 1 fully saturated rings. The third kappa shape index (κ3) is 4.61. The molecule has 0 unspecified atom stereocenters. The molecule has 0 radical (unpaired) electrons. The second-order valence-corrected chi connectivity index (χ2v) is 8.79. The van der Waals surface area contributed by atoms with E-state index in [1.54, 1.807) is 18.2 Å². The van der Waals surface area contributed by atoms with Crippen LogP contribution >= 0.6 is 11.6 Å². The van der Waals surface area contributed by atoms with E-state index in [2.05, 4.69) is 10.6 Å². The molecule has 27 heavy (non-hydrogen) atoms. The first-order valence-electron chi connectivity index (χ1n) is 8.77. The van der Waals surface area contributed by atoms with Gasteiger partial charge in [0, 0.05) is 29.5 Å². The molecule has 2 aromatic rings. The molecule has 0 aliphatic carbocycles. The van der Waals surface area contributed by atoms with Crippen molar-refractivity contribution in [1.82, 2.24) is 4.31 Å². The van der Waals surface area contributed by atoms with Gasteiger partial charge in [0.2, 0.25) is 15.9 Å². The zero-order valence-corrected chi connectivity index (χ0v) is 16.6. The van der Waals surface area contributed by atoms with Crippen molar-refractivity contribution >= 4 is 38.9 Å². The maximum atomic E-state index is 12.5. The maximum Gasteiger partial charge on any atom is 0.243 e. The number of halogens is 1. The molecule has 2 N–H and O–H groups in total. The molecular formula is C19H22ClN3O3S. The number of carbonyl (C=O) groups excluding carboxylic acids is 1. The van der Waals surface area contributed by atoms with Crippen LogP contribution < -0.4 is 10.6 Å². The van der Waals surface area contributed by atoms with Crippen LogP contribution in [0.15, 0.2) is 47.4 Å². The van der Waals surface area contributed by atoms with E-state index < -0.39 is 10.0 Å². The summed E-state index contributed by atoms with van der Waals surface area (Å²) in [5.74, 6) is -0.232. The van der Waals surface area contributed by atoms with Crippen molar-refractivity contribution in [3.63, 3.8) is 0 Å². The van der Waals surface area contributed by atoms with Gasteiger partial charge in [-0.2, -0.15) is 4.31 Å². The van der Waals surface area contributed by atoms with Crippen LogP contribution in [-0.2, 0) is 14.8 Å². The van der Waals surface area contributed by atoms with E-state index in [9.17, 15) is 13.2 Å². The van der Waals surface area contributed by atoms with Crippen LogP contribution in [0.2, 0.25) is 5.02 Å². The summed E-state index contributed by atoms with van der Waals surface area (Å²) < 4.78 is 26.5. The van der Waals surface area contributed by atoms with Gasteiger partial charge in [-0.1, -0.05) is 17.7 Å². The number of carbonyl (C=O) groups is 1. The van der Waals surface area contributed by atoms with Gasteiger partial charge in [-0.05, 0) is 61.7 Å². The molecule has 0 atom stereocenters. The van der Waals surface area contributed by atoms with E-state index in [4.69, 9.17) is 11.6 Å². The molecule has 0 spiro atoms. The SMILES string of the molecule is Cc1c(Cl)cccc1NCC(=O)Nc1ccc(S(=O)(=O)N2CCCC2)cc1. The highest BCUT2D eigenvalue weighted by atomic mass is 35.5. The van der Waals surface area contributed by atoms with E-state index in [-0.39, 0.29) is 17.3 Å². The lowest BCUT2D eigenvalue weighted by molar-refractivity contribution is -0.114. The predicted octanol–water partition coefficient (Wildman–Crippen LogP) is 3.48. The summed E-state index contributed by atoms with van der Waals surface area (Å²) in [4.78, 5) is 12.4. The smallest absolute Gasteiger partial charge is 0.243 e. The molecule has 1 saturated heterocycles. The minimum atomic E-state index is -3.44. The largest absolute Gasteiger partial charge is 0.376 e. The van der Waals surface area contributed by atoms with Crippen LogP contribution in [0.3, 0.4) is 0 Å². The Bertz CT molecular complexity index is 924. The van der Waals surface area contributed by atoms with Crippen molar-refractivity contribution in [3.05, 3.63) is 53.1 Å². The van der Waals surface area contributed by atoms with Gasteiger partial charge in [-0.25, -0.2) is 8.42 Å². The Morgan fingerprint density at radius 2 is 1.78 bits per heavy atom. The van der Waals surface area contributed by atoms with E-state index >= 15 is 0 Å². The van der Waals surface area contributed by atoms with Crippen molar-refractivity contribution in [2.24, 2.45) is 0 Å². The van der Waals surface area contributed by atoms with E-state index in [0.717, 1.165) is 24.1 Å². The Hall–Kier alpha value is -2.09. The number of hydrogen-bond donors (Lipinski definition) is 2. The number of sulfonamides is 1. The monoisotopic (exact) mass is 407 g/mol. The lowest BCUT2D eigenvalue weighted by atomic mass is 10.2. The number of nitrogens with one attached hydrogen (secondary N) is 2. The molecule has 0 bridgehead atoms. The lowest BCUT2D eigenvalue weighted by Crippen LogP contribution is -2.27. The average molecular weight is 408 g/mol. The van der Waals surface area contributed by atoms with Crippen LogP contribution in [-0.4, -0.2) is 38.3 Å². The number of anilines is 2. The Morgan fingerprint density at radius 1 is 1.11 bits per heavy atom. The Morgan fingerprint density at radius 3 is 2.44 bits per heavy atom. The standard InChI is InChI=1S/C19H22ClN3O3S/c1-14-17(20)5-4-6-18(14)21-13-19(24)22-15-7-9-16(10-8-15)27(25,26)23-11-2-3-12-23/h4-10,21H,2-3,11-13H2,1H3,(H,22,24). The summed E-state index contributed by atoms with van der Waals surface area (Å²) in [5.41, 5.74) is 2.22. The van der Waals surface area contributed by atoms with Gasteiger partial charge < -0.3 is 10.6 Å². The summed E-state index contributed by atoms with van der Waals surface area (Å²) >= 11 is 6.06. The molecule has 144 valence electrons. The van der Waals surface area contributed by atoms with Crippen LogP contribution in [0.4, 0.5) is 11.4 Å². The number of rotatable bonds is 6. The minimum Gasteiger partial charge on any atom is -0.376 e. The second-order valence-electron chi connectivity index (χ2n) is 6.45. The van der Waals surface area contributed by atoms with Gasteiger partial charge in [0.25, 0.3) is 0 Å². The first-order chi connectivity index (χ1) is 12.9. The zero-order valence-electron chi connectivity index (χ0n) is 15.0. The quantitative estimate of drug-likeness (QED) is 0.768. The highest BCUT2D eigenvalue weighted by Gasteiger charge is 2.26. The summed E-state index contributed by atoms with van der Waals surface area (Å²) in [5, 5.41) is 6.43. The molecule has 0 saturated carbocycles. The summed E-state index contributed by atoms with van der Waals surface area (Å²) in [6.07, 6.45) is 1.79. The topological polar surface area (TPSA) is 78.5 Å². The van der Waals surface area contributed by atoms with Gasteiger partial charge in [0.15, 0.2) is 0 Å². The van der Waals surface area contributed by atoms with Crippen LogP contribution in [0, 0.1) is 6.92 Å². The number of hydrogen-bond acceptors (Lipinski definition) is 4. The fourth-order valence-corrected chi connectivity index (χ4v) is 4.66. The van der Waals surface area contributed by atoms with E-state index in [1.807, 2.05) is 19.1 Å². The molecule has 6 nitrogen and oxygen atoms in total. The molecule has 8 heteroatoms. The van der Waals surface area contributed by atoms with E-state index in [0.29, 0.717) is 23.8 Å². The number of benzene rings is 2. The third-order valence-electron chi connectivity index (χ3n) is 4.55. The van der Waals surface area contributed by atoms with Crippen molar-refractivity contribution in [3.8, 4) is 0 Å². The van der Waals surface area contributed by atoms with Crippen LogP contribution in [0.1, 0.15) is 18.4 Å². The van der Waals surface area contributed by atoms with Crippen LogP contribution in [0.25, 0.3) is 0 Å². The van der Waals surface area contributed by atoms with Crippen molar-refractivity contribution < 1.29 is 13.2 Å². The first-order valence-corrected chi connectivity index (χ1v) is 10.6. The third-order valence-corrected chi connectivity index (χ3v) is 6.87. The fourth-order valence-electron chi connectivity index (χ4n) is 2.97. The van der Waals surface area contributed by atoms with Crippen LogP contribution in [0.5, 0.6) is 0 Å². The highest BCUT2D eigenvalue weighted by molar-refractivity contribution is 7.89. The minimum absolute atomic E-state index is 0.0784. The van der Waals surface area contributed by atoms with Gasteiger partial charge in [0.1, 0.15) is 0 Å². The van der Waals surface area contributed by atoms with Crippen molar-refractivity contribution in [2.75, 3.05) is 30.3 Å². The van der Waals surface area contributed by atoms with Gasteiger partial charge in [-0.15, -0.1) is 0 Å². The normalized spacial score (nSPS) is 14.9. The predicted molar refractivity (Wildman–Crippen MR) is 108 cm³/mol. The molecule has 1 aliphatic heterocycles. The van der Waals surface area contributed by atoms with E-state index in [1.165, 1.54) is 16.4 Å². The average Bonchev–Trinajstić information content (AvgIpc) is 3.19.